The summed E-state index contributed by atoms with van der Waals surface area (Å²) in [4.78, 5) is 24.9. The Morgan fingerprint density at radius 1 is 1.19 bits per heavy atom. The molecule has 0 bridgehead atoms. The third-order valence-corrected chi connectivity index (χ3v) is 3.94. The van der Waals surface area contributed by atoms with Crippen molar-refractivity contribution in [2.45, 2.75) is 12.5 Å². The number of rotatable bonds is 4. The van der Waals surface area contributed by atoms with Crippen molar-refractivity contribution in [2.75, 3.05) is 6.61 Å². The highest BCUT2D eigenvalue weighted by Gasteiger charge is 2.39. The van der Waals surface area contributed by atoms with Crippen LogP contribution in [0.3, 0.4) is 0 Å². The molecule has 0 radical (unpaired) electrons. The number of nitrogens with zero attached hydrogens (tertiary/aromatic N) is 1. The fourth-order valence-electron chi connectivity index (χ4n) is 2.68. The minimum Gasteiger partial charge on any atom is -0.447 e. The van der Waals surface area contributed by atoms with E-state index in [1.165, 1.54) is 0 Å². The van der Waals surface area contributed by atoms with Gasteiger partial charge in [0.15, 0.2) is 5.83 Å². The first-order chi connectivity index (χ1) is 12.5. The van der Waals surface area contributed by atoms with Crippen molar-refractivity contribution in [3.63, 3.8) is 0 Å². The van der Waals surface area contributed by atoms with Crippen LogP contribution in [0.15, 0.2) is 54.4 Å². The second-order valence-corrected chi connectivity index (χ2v) is 5.75. The maximum atomic E-state index is 14.3. The molecule has 1 aliphatic rings. The van der Waals surface area contributed by atoms with Gasteiger partial charge in [0.2, 0.25) is 0 Å². The number of imide groups is 1. The molecule has 3 rings (SSSR count). The van der Waals surface area contributed by atoms with Gasteiger partial charge in [-0.25, -0.2) is 22.9 Å². The maximum absolute atomic E-state index is 14.3. The van der Waals surface area contributed by atoms with E-state index in [-0.39, 0.29) is 12.2 Å². The molecule has 1 aliphatic heterocycles. The van der Waals surface area contributed by atoms with E-state index in [9.17, 15) is 22.8 Å². The second-order valence-electron chi connectivity index (χ2n) is 5.75. The van der Waals surface area contributed by atoms with Crippen LogP contribution in [0.5, 0.6) is 0 Å². The number of amides is 2. The van der Waals surface area contributed by atoms with E-state index in [4.69, 9.17) is 4.74 Å². The molecular weight excluding hydrogens is 347 g/mol. The Labute approximate surface area is 147 Å². The molecule has 2 amide bonds. The Hall–Kier alpha value is -3.09. The van der Waals surface area contributed by atoms with Gasteiger partial charge in [0.05, 0.1) is 6.04 Å². The molecule has 0 unspecified atom stereocenters. The van der Waals surface area contributed by atoms with Crippen molar-refractivity contribution in [3.8, 4) is 0 Å². The van der Waals surface area contributed by atoms with Gasteiger partial charge in [-0.05, 0) is 30.2 Å². The maximum Gasteiger partial charge on any atom is 0.417 e. The first-order valence-corrected chi connectivity index (χ1v) is 7.82. The number of hydrogen-bond acceptors (Lipinski definition) is 3. The van der Waals surface area contributed by atoms with Crippen molar-refractivity contribution in [1.82, 2.24) is 4.90 Å². The molecule has 1 atom stereocenters. The topological polar surface area (TPSA) is 46.6 Å². The van der Waals surface area contributed by atoms with Gasteiger partial charge in [0.25, 0.3) is 5.91 Å². The van der Waals surface area contributed by atoms with Gasteiger partial charge in [-0.2, -0.15) is 0 Å². The van der Waals surface area contributed by atoms with Gasteiger partial charge in [-0.15, -0.1) is 0 Å². The molecule has 1 saturated heterocycles. The summed E-state index contributed by atoms with van der Waals surface area (Å²) in [5.41, 5.74) is 0.548. The number of carbonyl (C=O) groups excluding carboxylic acids is 2. The first-order valence-electron chi connectivity index (χ1n) is 7.82. The van der Waals surface area contributed by atoms with Crippen molar-refractivity contribution in [1.29, 1.82) is 0 Å². The van der Waals surface area contributed by atoms with Gasteiger partial charge in [0, 0.05) is 11.6 Å². The summed E-state index contributed by atoms with van der Waals surface area (Å²) >= 11 is 0. The van der Waals surface area contributed by atoms with Crippen LogP contribution in [-0.4, -0.2) is 29.5 Å². The number of hydrogen-bond donors (Lipinski definition) is 0. The van der Waals surface area contributed by atoms with Crippen LogP contribution >= 0.6 is 0 Å². The standard InChI is InChI=1S/C19H14F3NO3/c20-14-7-6-13(16(21)10-14)9-17(22)18(24)23-15(11-26-19(23)25)8-12-4-2-1-3-5-12/h1-7,9-10,15H,8,11H2/b17-9-/t15-/m1/s1. The molecule has 0 aromatic heterocycles. The van der Waals surface area contributed by atoms with Crippen LogP contribution in [0.1, 0.15) is 11.1 Å². The summed E-state index contributed by atoms with van der Waals surface area (Å²) in [5, 5.41) is 0. The highest BCUT2D eigenvalue weighted by Crippen LogP contribution is 2.22. The van der Waals surface area contributed by atoms with Gasteiger partial charge in [-0.3, -0.25) is 4.79 Å². The van der Waals surface area contributed by atoms with Crippen LogP contribution in [0, 0.1) is 11.6 Å². The summed E-state index contributed by atoms with van der Waals surface area (Å²) in [6.07, 6.45) is -0.0298. The van der Waals surface area contributed by atoms with E-state index < -0.39 is 35.5 Å². The molecule has 2 aromatic carbocycles. The van der Waals surface area contributed by atoms with Crippen LogP contribution in [0.2, 0.25) is 0 Å². The molecule has 2 aromatic rings. The molecule has 7 heteroatoms. The molecular formula is C19H14F3NO3. The predicted octanol–water partition coefficient (Wildman–Crippen LogP) is 3.87. The summed E-state index contributed by atoms with van der Waals surface area (Å²) in [6, 6.07) is 10.9. The molecule has 26 heavy (non-hydrogen) atoms. The zero-order valence-corrected chi connectivity index (χ0v) is 13.5. The molecule has 0 saturated carbocycles. The van der Waals surface area contributed by atoms with Crippen LogP contribution in [0.25, 0.3) is 6.08 Å². The van der Waals surface area contributed by atoms with E-state index in [2.05, 4.69) is 0 Å². The van der Waals surface area contributed by atoms with Gasteiger partial charge in [-0.1, -0.05) is 30.3 Å². The van der Waals surface area contributed by atoms with E-state index in [0.29, 0.717) is 23.5 Å². The largest absolute Gasteiger partial charge is 0.447 e. The van der Waals surface area contributed by atoms with Crippen molar-refractivity contribution in [3.05, 3.63) is 77.1 Å². The lowest BCUT2D eigenvalue weighted by atomic mass is 10.1. The van der Waals surface area contributed by atoms with E-state index in [1.54, 1.807) is 12.1 Å². The average Bonchev–Trinajstić information content (AvgIpc) is 2.98. The number of halogens is 3. The van der Waals surface area contributed by atoms with Gasteiger partial charge in [0.1, 0.15) is 18.2 Å². The first kappa shape index (κ1) is 17.7. The van der Waals surface area contributed by atoms with Crippen molar-refractivity contribution < 1.29 is 27.5 Å². The third-order valence-electron chi connectivity index (χ3n) is 3.94. The Morgan fingerprint density at radius 2 is 1.92 bits per heavy atom. The second kappa shape index (κ2) is 7.43. The van der Waals surface area contributed by atoms with Crippen LogP contribution < -0.4 is 0 Å². The average molecular weight is 361 g/mol. The Bertz CT molecular complexity index is 868. The monoisotopic (exact) mass is 361 g/mol. The highest BCUT2D eigenvalue weighted by atomic mass is 19.1. The fraction of sp³-hybridized carbons (Fsp3) is 0.158. The Morgan fingerprint density at radius 3 is 2.62 bits per heavy atom. The minimum atomic E-state index is -1.34. The molecule has 1 heterocycles. The summed E-state index contributed by atoms with van der Waals surface area (Å²) in [7, 11) is 0. The van der Waals surface area contributed by atoms with Crippen molar-refractivity contribution >= 4 is 18.1 Å². The fourth-order valence-corrected chi connectivity index (χ4v) is 2.68. The summed E-state index contributed by atoms with van der Waals surface area (Å²) in [6.45, 7) is -0.0579. The SMILES string of the molecule is O=C1OC[C@@H](Cc2ccccc2)N1C(=O)/C(F)=C/c1ccc(F)cc1F. The summed E-state index contributed by atoms with van der Waals surface area (Å²) in [5.74, 6) is -4.40. The minimum absolute atomic E-state index is 0.0579. The van der Waals surface area contributed by atoms with E-state index >= 15 is 0 Å². The molecule has 0 aliphatic carbocycles. The number of cyclic esters (lactones) is 1. The predicted molar refractivity (Wildman–Crippen MR) is 87.6 cm³/mol. The lowest BCUT2D eigenvalue weighted by Crippen LogP contribution is -2.40. The zero-order chi connectivity index (χ0) is 18.7. The summed E-state index contributed by atoms with van der Waals surface area (Å²) < 4.78 is 45.7. The van der Waals surface area contributed by atoms with Gasteiger partial charge < -0.3 is 4.74 Å². The molecule has 4 nitrogen and oxygen atoms in total. The normalized spacial score (nSPS) is 17.3. The van der Waals surface area contributed by atoms with Crippen molar-refractivity contribution in [2.24, 2.45) is 0 Å². The number of carbonyl (C=O) groups is 2. The van der Waals surface area contributed by atoms with Gasteiger partial charge >= 0.3 is 6.09 Å². The molecule has 1 fully saturated rings. The zero-order valence-electron chi connectivity index (χ0n) is 13.5. The molecule has 134 valence electrons. The Kier molecular flexibility index (Phi) is 5.06. The molecule has 0 spiro atoms. The highest BCUT2D eigenvalue weighted by molar-refractivity contribution is 6.04. The Balaban J connectivity index is 1.81. The number of benzene rings is 2. The number of ether oxygens (including phenoxy) is 1. The quantitative estimate of drug-likeness (QED) is 0.777. The third kappa shape index (κ3) is 3.77. The lowest BCUT2D eigenvalue weighted by Gasteiger charge is -2.18. The lowest BCUT2D eigenvalue weighted by molar-refractivity contribution is -0.126. The van der Waals surface area contributed by atoms with Crippen LogP contribution in [0.4, 0.5) is 18.0 Å². The van der Waals surface area contributed by atoms with Crippen LogP contribution in [-0.2, 0) is 16.0 Å². The van der Waals surface area contributed by atoms with E-state index in [1.807, 2.05) is 18.2 Å². The van der Waals surface area contributed by atoms with E-state index in [0.717, 1.165) is 17.7 Å². The molecule has 0 N–H and O–H groups in total. The smallest absolute Gasteiger partial charge is 0.417 e.